The summed E-state index contributed by atoms with van der Waals surface area (Å²) in [5.41, 5.74) is 3.09. The van der Waals surface area contributed by atoms with Crippen LogP contribution in [0.2, 0.25) is 0 Å². The fourth-order valence-corrected chi connectivity index (χ4v) is 5.66. The molecule has 4 aromatic rings. The second kappa shape index (κ2) is 9.20. The van der Waals surface area contributed by atoms with Gasteiger partial charge < -0.3 is 24.7 Å². The number of H-pyrrole nitrogens is 1. The molecule has 6 rings (SSSR count). The lowest BCUT2D eigenvalue weighted by atomic mass is 9.87. The van der Waals surface area contributed by atoms with Crippen molar-refractivity contribution in [1.82, 2.24) is 15.2 Å². The Balaban J connectivity index is 1.27. The molecule has 0 bridgehead atoms. The fraction of sp³-hybridized carbons (Fsp3) is 0.233. The third kappa shape index (κ3) is 3.80. The molecule has 0 aliphatic carbocycles. The Bertz CT molecular complexity index is 1620. The first-order chi connectivity index (χ1) is 18.8. The van der Waals surface area contributed by atoms with E-state index in [0.29, 0.717) is 35.7 Å². The molecule has 0 spiro atoms. The Morgan fingerprint density at radius 2 is 1.74 bits per heavy atom. The summed E-state index contributed by atoms with van der Waals surface area (Å²) in [4.78, 5) is 46.8. The summed E-state index contributed by atoms with van der Waals surface area (Å²) in [6.45, 7) is 2.46. The topological polar surface area (TPSA) is 104 Å². The number of fused-ring (bicyclic) bond motifs is 5. The van der Waals surface area contributed by atoms with Crippen LogP contribution in [0.5, 0.6) is 11.5 Å². The number of ether oxygens (including phenoxy) is 2. The Morgan fingerprint density at radius 3 is 2.49 bits per heavy atom. The molecule has 0 saturated carbocycles. The number of anilines is 1. The predicted octanol–water partition coefficient (Wildman–Crippen LogP) is 4.36. The van der Waals surface area contributed by atoms with E-state index in [9.17, 15) is 14.4 Å². The van der Waals surface area contributed by atoms with E-state index in [1.54, 1.807) is 56.4 Å². The fourth-order valence-electron chi connectivity index (χ4n) is 5.66. The number of nitrogens with one attached hydrogen (secondary N) is 2. The van der Waals surface area contributed by atoms with Gasteiger partial charge in [-0.25, -0.2) is 9.69 Å². The Hall–Kier alpha value is -4.79. The van der Waals surface area contributed by atoms with E-state index in [0.717, 1.165) is 27.7 Å². The van der Waals surface area contributed by atoms with Crippen LogP contribution in [0.25, 0.3) is 10.9 Å². The number of methoxy groups -OCH3 is 2. The van der Waals surface area contributed by atoms with Crippen LogP contribution in [0.1, 0.15) is 34.1 Å². The Morgan fingerprint density at radius 1 is 1.00 bits per heavy atom. The van der Waals surface area contributed by atoms with Gasteiger partial charge in [-0.2, -0.15) is 0 Å². The monoisotopic (exact) mass is 524 g/mol. The van der Waals surface area contributed by atoms with E-state index < -0.39 is 11.6 Å². The minimum Gasteiger partial charge on any atom is -0.497 e. The number of carbonyl (C=O) groups is 3. The number of para-hydroxylation sites is 1. The predicted molar refractivity (Wildman–Crippen MR) is 146 cm³/mol. The van der Waals surface area contributed by atoms with E-state index in [2.05, 4.69) is 10.3 Å². The molecule has 9 nitrogen and oxygen atoms in total. The number of hydrogen-bond acceptors (Lipinski definition) is 5. The van der Waals surface area contributed by atoms with E-state index in [1.807, 2.05) is 36.4 Å². The number of rotatable bonds is 6. The van der Waals surface area contributed by atoms with Crippen molar-refractivity contribution >= 4 is 34.4 Å². The van der Waals surface area contributed by atoms with Gasteiger partial charge in [0.05, 0.1) is 25.6 Å². The van der Waals surface area contributed by atoms with E-state index in [1.165, 1.54) is 4.90 Å². The molecule has 0 unspecified atom stereocenters. The summed E-state index contributed by atoms with van der Waals surface area (Å²) in [6.07, 6.45) is 0.652. The summed E-state index contributed by atoms with van der Waals surface area (Å²) in [5, 5.41) is 3.96. The van der Waals surface area contributed by atoms with Crippen molar-refractivity contribution in [2.45, 2.75) is 25.4 Å². The number of amides is 4. The number of urea groups is 1. The number of imide groups is 1. The van der Waals surface area contributed by atoms with Gasteiger partial charge in [0, 0.05) is 35.6 Å². The average molecular weight is 525 g/mol. The molecule has 1 fully saturated rings. The summed E-state index contributed by atoms with van der Waals surface area (Å²) in [6, 6.07) is 19.5. The molecule has 1 aromatic heterocycles. The normalized spacial score (nSPS) is 18.2. The quantitative estimate of drug-likeness (QED) is 0.365. The van der Waals surface area contributed by atoms with Gasteiger partial charge in [0.2, 0.25) is 0 Å². The van der Waals surface area contributed by atoms with Crippen molar-refractivity contribution in [3.63, 3.8) is 0 Å². The van der Waals surface area contributed by atoms with Gasteiger partial charge in [0.15, 0.2) is 5.54 Å². The zero-order valence-corrected chi connectivity index (χ0v) is 21.9. The summed E-state index contributed by atoms with van der Waals surface area (Å²) >= 11 is 0. The van der Waals surface area contributed by atoms with E-state index in [4.69, 9.17) is 9.47 Å². The minimum atomic E-state index is -1.16. The van der Waals surface area contributed by atoms with Crippen LogP contribution in [-0.4, -0.2) is 48.5 Å². The number of nitrogens with zero attached hydrogens (tertiary/aromatic N) is 2. The minimum absolute atomic E-state index is 0.243. The molecule has 39 heavy (non-hydrogen) atoms. The Labute approximate surface area is 225 Å². The van der Waals surface area contributed by atoms with Crippen LogP contribution in [0.3, 0.4) is 0 Å². The van der Waals surface area contributed by atoms with Crippen LogP contribution in [0.15, 0.2) is 66.7 Å². The third-order valence-corrected chi connectivity index (χ3v) is 7.70. The summed E-state index contributed by atoms with van der Waals surface area (Å²) < 4.78 is 10.6. The lowest BCUT2D eigenvalue weighted by Gasteiger charge is -2.35. The molecule has 198 valence electrons. The van der Waals surface area contributed by atoms with Crippen molar-refractivity contribution in [2.24, 2.45) is 0 Å². The molecular weight excluding hydrogens is 496 g/mol. The van der Waals surface area contributed by atoms with Gasteiger partial charge in [-0.3, -0.25) is 9.59 Å². The van der Waals surface area contributed by atoms with Crippen molar-refractivity contribution in [1.29, 1.82) is 0 Å². The molecule has 3 aromatic carbocycles. The number of aromatic nitrogens is 1. The van der Waals surface area contributed by atoms with Crippen molar-refractivity contribution < 1.29 is 23.9 Å². The maximum atomic E-state index is 13.9. The Kier molecular flexibility index (Phi) is 5.79. The maximum Gasteiger partial charge on any atom is 0.332 e. The molecule has 3 heterocycles. The van der Waals surface area contributed by atoms with Crippen LogP contribution >= 0.6 is 0 Å². The highest BCUT2D eigenvalue weighted by Gasteiger charge is 2.59. The van der Waals surface area contributed by atoms with Crippen LogP contribution in [-0.2, 0) is 23.3 Å². The first-order valence-electron chi connectivity index (χ1n) is 12.7. The highest BCUT2D eigenvalue weighted by Crippen LogP contribution is 2.45. The highest BCUT2D eigenvalue weighted by atomic mass is 16.5. The van der Waals surface area contributed by atoms with Gasteiger partial charge in [0.1, 0.15) is 11.5 Å². The van der Waals surface area contributed by atoms with Crippen LogP contribution < -0.4 is 19.7 Å². The number of benzene rings is 3. The average Bonchev–Trinajstić information content (AvgIpc) is 3.44. The van der Waals surface area contributed by atoms with Crippen LogP contribution in [0, 0.1) is 0 Å². The molecule has 1 saturated heterocycles. The zero-order valence-electron chi connectivity index (χ0n) is 21.9. The summed E-state index contributed by atoms with van der Waals surface area (Å²) in [7, 11) is 3.13. The number of hydrogen-bond donors (Lipinski definition) is 2. The first-order valence-corrected chi connectivity index (χ1v) is 12.7. The van der Waals surface area contributed by atoms with Gasteiger partial charge in [0.25, 0.3) is 11.8 Å². The van der Waals surface area contributed by atoms with Crippen molar-refractivity contribution in [3.8, 4) is 11.5 Å². The van der Waals surface area contributed by atoms with Crippen molar-refractivity contribution in [3.05, 3.63) is 89.1 Å². The first kappa shape index (κ1) is 24.5. The number of aromatic amines is 1. The third-order valence-electron chi connectivity index (χ3n) is 7.70. The molecule has 2 N–H and O–H groups in total. The molecule has 2 aliphatic rings. The second-order valence-corrected chi connectivity index (χ2v) is 9.88. The lowest BCUT2D eigenvalue weighted by Crippen LogP contribution is -2.49. The van der Waals surface area contributed by atoms with Gasteiger partial charge in [-0.15, -0.1) is 0 Å². The SMILES string of the molecule is COc1cc(CNC(=O)c2cccc(N3C(=O)N4CCc5c([nH]c6ccccc56)[C@@]4(C)C3=O)c2)cc(OC)c1. The molecular formula is C30H28N4O5. The van der Waals surface area contributed by atoms with Crippen LogP contribution in [0.4, 0.5) is 10.5 Å². The molecule has 2 aliphatic heterocycles. The second-order valence-electron chi connectivity index (χ2n) is 9.88. The summed E-state index contributed by atoms with van der Waals surface area (Å²) in [5.74, 6) is 0.560. The van der Waals surface area contributed by atoms with Gasteiger partial charge in [-0.05, 0) is 60.9 Å². The van der Waals surface area contributed by atoms with Gasteiger partial charge >= 0.3 is 6.03 Å². The van der Waals surface area contributed by atoms with E-state index in [-0.39, 0.29) is 18.4 Å². The highest BCUT2D eigenvalue weighted by molar-refractivity contribution is 6.24. The number of carbonyl (C=O) groups excluding carboxylic acids is 3. The molecule has 9 heteroatoms. The van der Waals surface area contributed by atoms with Crippen molar-refractivity contribution in [2.75, 3.05) is 25.7 Å². The maximum absolute atomic E-state index is 13.9. The zero-order chi connectivity index (χ0) is 27.3. The van der Waals surface area contributed by atoms with E-state index >= 15 is 0 Å². The molecule has 4 amide bonds. The van der Waals surface area contributed by atoms with Gasteiger partial charge in [-0.1, -0.05) is 24.3 Å². The standard InChI is InChI=1S/C30H28N4O5/c1-30-26-24(23-9-4-5-10-25(23)32-26)11-12-33(30)29(37)34(28(30)36)20-8-6-7-19(15-20)27(35)31-17-18-13-21(38-2)16-22(14-18)39-3/h4-10,13-16,32H,11-12,17H2,1-3H3,(H,31,35)/t30-/m0/s1. The molecule has 1 atom stereocenters. The molecule has 0 radical (unpaired) electrons. The smallest absolute Gasteiger partial charge is 0.332 e. The lowest BCUT2D eigenvalue weighted by molar-refractivity contribution is -0.125. The largest absolute Gasteiger partial charge is 0.497 e.